The van der Waals surface area contributed by atoms with Crippen LogP contribution >= 0.6 is 0 Å². The highest BCUT2D eigenvalue weighted by Crippen LogP contribution is 2.21. The number of likely N-dealkylation sites (tertiary alicyclic amines) is 1. The highest BCUT2D eigenvalue weighted by Gasteiger charge is 2.24. The largest absolute Gasteiger partial charge is 0.488 e. The van der Waals surface area contributed by atoms with E-state index < -0.39 is 10.5 Å². The van der Waals surface area contributed by atoms with Crippen molar-refractivity contribution >= 4 is 22.1 Å². The summed E-state index contributed by atoms with van der Waals surface area (Å²) in [6, 6.07) is 15.7. The van der Waals surface area contributed by atoms with Crippen LogP contribution in [0.3, 0.4) is 0 Å². The highest BCUT2D eigenvalue weighted by atomic mass is 32.3. The number of hydrogen-bond acceptors (Lipinski definition) is 5. The van der Waals surface area contributed by atoms with Crippen LogP contribution in [0.4, 0.5) is 9.57 Å². The first-order valence-corrected chi connectivity index (χ1v) is 9.56. The van der Waals surface area contributed by atoms with E-state index in [4.69, 9.17) is 0 Å². The van der Waals surface area contributed by atoms with Crippen LogP contribution in [0.25, 0.3) is 0 Å². The number of benzene rings is 2. The lowest BCUT2D eigenvalue weighted by Gasteiger charge is -2.33. The predicted molar refractivity (Wildman–Crippen MR) is 96.1 cm³/mol. The molecule has 0 unspecified atom stereocenters. The van der Waals surface area contributed by atoms with E-state index in [1.54, 1.807) is 11.0 Å². The van der Waals surface area contributed by atoms with Crippen molar-refractivity contribution in [3.8, 4) is 5.75 Å². The number of carbonyl (C=O) groups excluding carboxylic acids is 1. The average Bonchev–Trinajstić information content (AvgIpc) is 2.61. The van der Waals surface area contributed by atoms with Crippen LogP contribution in [-0.2, 0) is 10.5 Å². The Labute approximate surface area is 152 Å². The fraction of sp³-hybridized carbons (Fsp3) is 0.278. The van der Waals surface area contributed by atoms with Crippen LogP contribution in [0.1, 0.15) is 23.2 Å². The molecule has 1 heterocycles. The molecule has 1 amide bonds. The Morgan fingerprint density at radius 2 is 1.77 bits per heavy atom. The number of rotatable bonds is 5. The van der Waals surface area contributed by atoms with Crippen LogP contribution in [0, 0.1) is 0 Å². The molecule has 2 aromatic rings. The second-order valence-corrected chi connectivity index (χ2v) is 7.03. The van der Waals surface area contributed by atoms with Crippen LogP contribution in [0.15, 0.2) is 54.6 Å². The summed E-state index contributed by atoms with van der Waals surface area (Å²) in [6.45, 7) is 1.16. The number of nitrogens with zero attached hydrogens (tertiary/aromatic N) is 1. The van der Waals surface area contributed by atoms with Crippen molar-refractivity contribution in [2.24, 2.45) is 0 Å². The molecule has 3 rings (SSSR count). The van der Waals surface area contributed by atoms with Crippen LogP contribution in [0.5, 0.6) is 5.75 Å². The number of halogens is 1. The maximum absolute atomic E-state index is 12.6. The number of nitrogens with one attached hydrogen (secondary N) is 1. The Morgan fingerprint density at radius 3 is 2.42 bits per heavy atom. The summed E-state index contributed by atoms with van der Waals surface area (Å²) in [5.41, 5.74) is 1.31. The number of para-hydroxylation sites is 1. The monoisotopic (exact) mass is 378 g/mol. The normalized spacial score (nSPS) is 15.5. The van der Waals surface area contributed by atoms with Gasteiger partial charge in [0, 0.05) is 30.4 Å². The number of amides is 1. The Kier molecular flexibility index (Phi) is 5.41. The quantitative estimate of drug-likeness (QED) is 0.810. The summed E-state index contributed by atoms with van der Waals surface area (Å²) < 4.78 is 38.0. The van der Waals surface area contributed by atoms with Crippen molar-refractivity contribution < 1.29 is 21.3 Å². The van der Waals surface area contributed by atoms with Crippen molar-refractivity contribution in [3.05, 3.63) is 60.2 Å². The molecule has 138 valence electrons. The molecule has 1 fully saturated rings. The Morgan fingerprint density at radius 1 is 1.08 bits per heavy atom. The molecule has 8 heteroatoms. The van der Waals surface area contributed by atoms with Gasteiger partial charge in [-0.15, -0.1) is 0 Å². The van der Waals surface area contributed by atoms with Gasteiger partial charge in [-0.25, -0.2) is 0 Å². The lowest BCUT2D eigenvalue weighted by Crippen LogP contribution is -2.42. The average molecular weight is 378 g/mol. The summed E-state index contributed by atoms with van der Waals surface area (Å²) >= 11 is 0. The zero-order valence-corrected chi connectivity index (χ0v) is 14.8. The first-order chi connectivity index (χ1) is 12.4. The van der Waals surface area contributed by atoms with Crippen LogP contribution in [0.2, 0.25) is 0 Å². The van der Waals surface area contributed by atoms with Crippen LogP contribution in [-0.4, -0.2) is 38.4 Å². The van der Waals surface area contributed by atoms with Gasteiger partial charge in [-0.2, -0.15) is 8.42 Å². The topological polar surface area (TPSA) is 75.7 Å². The standard InChI is InChI=1S/C18H19FN2O4S/c19-26(23,24)25-17-8-4-5-14(13-17)18(22)21-11-9-16(10-12-21)20-15-6-2-1-3-7-15/h1-8,13,16,20H,9-12H2. The summed E-state index contributed by atoms with van der Waals surface area (Å²) in [7, 11) is -5.11. The molecular formula is C18H19FN2O4S. The Balaban J connectivity index is 1.59. The molecule has 6 nitrogen and oxygen atoms in total. The van der Waals surface area contributed by atoms with Crippen molar-refractivity contribution in [3.63, 3.8) is 0 Å². The van der Waals surface area contributed by atoms with Gasteiger partial charge in [0.05, 0.1) is 0 Å². The van der Waals surface area contributed by atoms with Gasteiger partial charge in [-0.1, -0.05) is 28.2 Å². The van der Waals surface area contributed by atoms with Crippen molar-refractivity contribution in [1.82, 2.24) is 4.90 Å². The molecule has 1 N–H and O–H groups in total. The second kappa shape index (κ2) is 7.74. The first kappa shape index (κ1) is 18.2. The molecule has 0 aromatic heterocycles. The third-order valence-electron chi connectivity index (χ3n) is 4.20. The van der Waals surface area contributed by atoms with Crippen molar-refractivity contribution in [1.29, 1.82) is 0 Å². The van der Waals surface area contributed by atoms with Gasteiger partial charge in [0.15, 0.2) is 0 Å². The van der Waals surface area contributed by atoms with E-state index in [2.05, 4.69) is 9.50 Å². The van der Waals surface area contributed by atoms with Crippen molar-refractivity contribution in [2.45, 2.75) is 18.9 Å². The van der Waals surface area contributed by atoms with Gasteiger partial charge in [-0.05, 0) is 43.2 Å². The summed E-state index contributed by atoms with van der Waals surface area (Å²) in [5, 5.41) is 3.45. The van der Waals surface area contributed by atoms with Gasteiger partial charge in [0.2, 0.25) is 0 Å². The number of piperidine rings is 1. The zero-order chi connectivity index (χ0) is 18.6. The van der Waals surface area contributed by atoms with E-state index in [1.165, 1.54) is 18.2 Å². The minimum atomic E-state index is -5.11. The van der Waals surface area contributed by atoms with Crippen LogP contribution < -0.4 is 9.50 Å². The van der Waals surface area contributed by atoms with Crippen molar-refractivity contribution in [2.75, 3.05) is 18.4 Å². The maximum atomic E-state index is 12.6. The minimum Gasteiger partial charge on any atom is -0.382 e. The third kappa shape index (κ3) is 4.95. The number of anilines is 1. The molecule has 0 aliphatic carbocycles. The van der Waals surface area contributed by atoms with Gasteiger partial charge >= 0.3 is 10.5 Å². The molecule has 0 bridgehead atoms. The van der Waals surface area contributed by atoms with E-state index in [-0.39, 0.29) is 23.3 Å². The number of hydrogen-bond donors (Lipinski definition) is 1. The molecule has 2 aromatic carbocycles. The van der Waals surface area contributed by atoms with E-state index in [1.807, 2.05) is 30.3 Å². The molecule has 0 atom stereocenters. The lowest BCUT2D eigenvalue weighted by atomic mass is 10.0. The van der Waals surface area contributed by atoms with E-state index >= 15 is 0 Å². The minimum absolute atomic E-state index is 0.223. The fourth-order valence-electron chi connectivity index (χ4n) is 2.98. The highest BCUT2D eigenvalue weighted by molar-refractivity contribution is 7.81. The Hall–Kier alpha value is -2.61. The van der Waals surface area contributed by atoms with Gasteiger partial charge < -0.3 is 14.4 Å². The molecule has 26 heavy (non-hydrogen) atoms. The molecule has 1 saturated heterocycles. The van der Waals surface area contributed by atoms with E-state index in [0.29, 0.717) is 13.1 Å². The fourth-order valence-corrected chi connectivity index (χ4v) is 3.31. The molecule has 0 spiro atoms. The predicted octanol–water partition coefficient (Wildman–Crippen LogP) is 3.00. The second-order valence-electron chi connectivity index (χ2n) is 6.08. The maximum Gasteiger partial charge on any atom is 0.488 e. The number of carbonyl (C=O) groups is 1. The van der Waals surface area contributed by atoms with E-state index in [9.17, 15) is 17.1 Å². The Bertz CT molecular complexity index is 866. The molecular weight excluding hydrogens is 359 g/mol. The van der Waals surface area contributed by atoms with E-state index in [0.717, 1.165) is 18.5 Å². The summed E-state index contributed by atoms with van der Waals surface area (Å²) in [4.78, 5) is 14.3. The SMILES string of the molecule is O=C(c1cccc(OS(=O)(=O)F)c1)N1CCC(Nc2ccccc2)CC1. The first-order valence-electron chi connectivity index (χ1n) is 8.26. The summed E-state index contributed by atoms with van der Waals surface area (Å²) in [5.74, 6) is -0.455. The molecule has 1 aliphatic rings. The van der Waals surface area contributed by atoms with Gasteiger partial charge in [0.1, 0.15) is 5.75 Å². The smallest absolute Gasteiger partial charge is 0.382 e. The molecule has 0 radical (unpaired) electrons. The lowest BCUT2D eigenvalue weighted by molar-refractivity contribution is 0.0718. The zero-order valence-electron chi connectivity index (χ0n) is 14.0. The van der Waals surface area contributed by atoms with Gasteiger partial charge in [-0.3, -0.25) is 4.79 Å². The molecule has 1 aliphatic heterocycles. The summed E-state index contributed by atoms with van der Waals surface area (Å²) in [6.07, 6.45) is 1.60. The van der Waals surface area contributed by atoms with Gasteiger partial charge in [0.25, 0.3) is 5.91 Å². The third-order valence-corrected chi connectivity index (χ3v) is 4.60. The molecule has 0 saturated carbocycles.